The van der Waals surface area contributed by atoms with E-state index in [2.05, 4.69) is 16.6 Å². The second kappa shape index (κ2) is 8.89. The first-order chi connectivity index (χ1) is 12.0. The molecule has 26 heavy (non-hydrogen) atoms. The van der Waals surface area contributed by atoms with Crippen LogP contribution < -0.4 is 10.1 Å². The maximum Gasteiger partial charge on any atom is 0.412 e. The number of carbonyl (C=O) groups excluding carboxylic acids is 2. The van der Waals surface area contributed by atoms with Gasteiger partial charge in [-0.1, -0.05) is 25.1 Å². The van der Waals surface area contributed by atoms with E-state index in [0.29, 0.717) is 12.0 Å². The van der Waals surface area contributed by atoms with Crippen molar-refractivity contribution in [2.75, 3.05) is 12.4 Å². The molecule has 0 fully saturated rings. The average molecular weight is 388 g/mol. The highest BCUT2D eigenvalue weighted by molar-refractivity contribution is 6.32. The number of nitrogens with one attached hydrogen (secondary N) is 1. The minimum absolute atomic E-state index is 0.0585. The summed E-state index contributed by atoms with van der Waals surface area (Å²) >= 11 is 5.97. The number of carbonyl (C=O) groups is 2. The van der Waals surface area contributed by atoms with E-state index in [1.165, 1.54) is 6.07 Å². The predicted molar refractivity (Wildman–Crippen MR) is 97.1 cm³/mol. The zero-order valence-electron chi connectivity index (χ0n) is 15.4. The van der Waals surface area contributed by atoms with E-state index in [9.17, 15) is 14.0 Å². The van der Waals surface area contributed by atoms with Crippen LogP contribution >= 0.6 is 11.6 Å². The van der Waals surface area contributed by atoms with Gasteiger partial charge in [-0.05, 0) is 38.8 Å². The molecule has 0 aliphatic heterocycles. The number of rotatable bonds is 6. The van der Waals surface area contributed by atoms with Crippen molar-refractivity contribution in [1.29, 1.82) is 0 Å². The molecular weight excluding hydrogens is 365 g/mol. The molecule has 144 valence electrons. The van der Waals surface area contributed by atoms with Crippen molar-refractivity contribution < 1.29 is 28.2 Å². The zero-order chi connectivity index (χ0) is 20.1. The molecule has 0 saturated heterocycles. The number of methoxy groups -OCH3 is 1. The van der Waals surface area contributed by atoms with Crippen LogP contribution in [-0.4, -0.2) is 30.9 Å². The number of amides is 1. The summed E-state index contributed by atoms with van der Waals surface area (Å²) in [6.45, 7) is 10.8. The van der Waals surface area contributed by atoms with Gasteiger partial charge in [-0.3, -0.25) is 5.32 Å². The Bertz CT molecular complexity index is 684. The summed E-state index contributed by atoms with van der Waals surface area (Å²) in [5.74, 6) is -1.36. The molecule has 0 spiro atoms. The van der Waals surface area contributed by atoms with E-state index >= 15 is 0 Å². The molecule has 1 aromatic rings. The number of esters is 1. The van der Waals surface area contributed by atoms with Gasteiger partial charge < -0.3 is 14.2 Å². The Hall–Kier alpha value is -2.28. The summed E-state index contributed by atoms with van der Waals surface area (Å²) in [7, 11) is 1.16. The molecule has 1 amide bonds. The molecule has 0 bridgehead atoms. The van der Waals surface area contributed by atoms with Crippen LogP contribution in [0.5, 0.6) is 5.75 Å². The lowest BCUT2D eigenvalue weighted by molar-refractivity contribution is -0.148. The first-order valence-electron chi connectivity index (χ1n) is 7.89. The molecule has 0 heterocycles. The van der Waals surface area contributed by atoms with Gasteiger partial charge in [0.1, 0.15) is 17.2 Å². The summed E-state index contributed by atoms with van der Waals surface area (Å²) in [6, 6.07) is 2.26. The van der Waals surface area contributed by atoms with E-state index in [4.69, 9.17) is 21.1 Å². The molecule has 0 aliphatic rings. The van der Waals surface area contributed by atoms with Crippen LogP contribution in [-0.2, 0) is 14.3 Å². The van der Waals surface area contributed by atoms with Gasteiger partial charge in [0.25, 0.3) is 0 Å². The van der Waals surface area contributed by atoms with Crippen molar-refractivity contribution in [2.45, 2.75) is 45.8 Å². The summed E-state index contributed by atoms with van der Waals surface area (Å²) < 4.78 is 29.3. The highest BCUT2D eigenvalue weighted by Gasteiger charge is 2.27. The Morgan fingerprint density at radius 1 is 1.35 bits per heavy atom. The molecule has 6 nitrogen and oxygen atoms in total. The van der Waals surface area contributed by atoms with Crippen molar-refractivity contribution in [3.8, 4) is 5.75 Å². The largest absolute Gasteiger partial charge is 0.487 e. The van der Waals surface area contributed by atoms with Crippen LogP contribution in [0.25, 0.3) is 0 Å². The van der Waals surface area contributed by atoms with Crippen molar-refractivity contribution in [3.05, 3.63) is 35.1 Å². The van der Waals surface area contributed by atoms with Crippen LogP contribution in [0.4, 0.5) is 14.9 Å². The summed E-state index contributed by atoms with van der Waals surface area (Å²) in [5, 5.41) is 2.29. The van der Waals surface area contributed by atoms with Gasteiger partial charge in [-0.25, -0.2) is 14.0 Å². The van der Waals surface area contributed by atoms with Crippen LogP contribution in [0.3, 0.4) is 0 Å². The Balaban J connectivity index is 2.99. The lowest BCUT2D eigenvalue weighted by Crippen LogP contribution is -2.32. The zero-order valence-corrected chi connectivity index (χ0v) is 16.2. The van der Waals surface area contributed by atoms with E-state index < -0.39 is 29.6 Å². The smallest absolute Gasteiger partial charge is 0.412 e. The third kappa shape index (κ3) is 6.22. The van der Waals surface area contributed by atoms with Crippen LogP contribution in [0.1, 0.15) is 34.1 Å². The first-order valence-corrected chi connectivity index (χ1v) is 8.27. The Morgan fingerprint density at radius 3 is 2.46 bits per heavy atom. The van der Waals surface area contributed by atoms with Crippen molar-refractivity contribution in [3.63, 3.8) is 0 Å². The van der Waals surface area contributed by atoms with E-state index in [-0.39, 0.29) is 16.5 Å². The third-order valence-electron chi connectivity index (χ3n) is 3.14. The topological polar surface area (TPSA) is 73.9 Å². The van der Waals surface area contributed by atoms with Gasteiger partial charge in [-0.15, -0.1) is 0 Å². The fourth-order valence-electron chi connectivity index (χ4n) is 1.87. The third-order valence-corrected chi connectivity index (χ3v) is 3.43. The standard InChI is InChI=1S/C18H23ClFNO5/c1-7-10(2)15(16(22)24-6)25-17(23)21-13-9-14(26-18(3,4)5)11(19)8-12(13)20/h8-9,15H,2,7H2,1,3-6H3,(H,21,23). The molecule has 1 atom stereocenters. The Morgan fingerprint density at radius 2 is 1.96 bits per heavy atom. The number of ether oxygens (including phenoxy) is 3. The monoisotopic (exact) mass is 387 g/mol. The minimum Gasteiger partial charge on any atom is -0.487 e. The highest BCUT2D eigenvalue weighted by atomic mass is 35.5. The van der Waals surface area contributed by atoms with Gasteiger partial charge in [0.15, 0.2) is 0 Å². The lowest BCUT2D eigenvalue weighted by Gasteiger charge is -2.23. The van der Waals surface area contributed by atoms with E-state index in [1.54, 1.807) is 27.7 Å². The molecule has 8 heteroatoms. The van der Waals surface area contributed by atoms with E-state index in [1.807, 2.05) is 0 Å². The van der Waals surface area contributed by atoms with E-state index in [0.717, 1.165) is 13.2 Å². The summed E-state index contributed by atoms with van der Waals surface area (Å²) in [4.78, 5) is 23.8. The molecule has 1 aromatic carbocycles. The molecule has 1 rings (SSSR count). The maximum absolute atomic E-state index is 14.1. The van der Waals surface area contributed by atoms with Gasteiger partial charge in [-0.2, -0.15) is 0 Å². The number of hydrogen-bond acceptors (Lipinski definition) is 5. The normalized spacial score (nSPS) is 12.1. The predicted octanol–water partition coefficient (Wildman–Crippen LogP) is 4.71. The summed E-state index contributed by atoms with van der Waals surface area (Å²) in [6.07, 6.45) is -1.94. The second-order valence-corrected chi connectivity index (χ2v) is 6.83. The average Bonchev–Trinajstić information content (AvgIpc) is 2.54. The maximum atomic E-state index is 14.1. The molecule has 0 aliphatic carbocycles. The fraction of sp³-hybridized carbons (Fsp3) is 0.444. The van der Waals surface area contributed by atoms with Crippen LogP contribution in [0.15, 0.2) is 24.3 Å². The van der Waals surface area contributed by atoms with Crippen LogP contribution in [0.2, 0.25) is 5.02 Å². The van der Waals surface area contributed by atoms with Gasteiger partial charge in [0.05, 0.1) is 17.8 Å². The SMILES string of the molecule is C=C(CC)C(OC(=O)Nc1cc(OC(C)(C)C)c(Cl)cc1F)C(=O)OC. The lowest BCUT2D eigenvalue weighted by atomic mass is 10.1. The number of hydrogen-bond donors (Lipinski definition) is 1. The van der Waals surface area contributed by atoms with Crippen molar-refractivity contribution in [2.24, 2.45) is 0 Å². The van der Waals surface area contributed by atoms with Gasteiger partial charge in [0, 0.05) is 6.07 Å². The van der Waals surface area contributed by atoms with Crippen molar-refractivity contribution >= 4 is 29.4 Å². The second-order valence-electron chi connectivity index (χ2n) is 6.42. The molecule has 0 saturated carbocycles. The van der Waals surface area contributed by atoms with Crippen LogP contribution in [0, 0.1) is 5.82 Å². The van der Waals surface area contributed by atoms with Crippen molar-refractivity contribution in [1.82, 2.24) is 0 Å². The molecule has 1 N–H and O–H groups in total. The first kappa shape index (κ1) is 21.8. The molecule has 0 radical (unpaired) electrons. The molecular formula is C18H23ClFNO5. The number of anilines is 1. The molecule has 1 unspecified atom stereocenters. The minimum atomic E-state index is -1.29. The fourth-order valence-corrected chi connectivity index (χ4v) is 2.06. The number of halogens is 2. The summed E-state index contributed by atoms with van der Waals surface area (Å²) in [5.41, 5.74) is -0.432. The Kier molecular flexibility index (Phi) is 7.44. The highest BCUT2D eigenvalue weighted by Crippen LogP contribution is 2.33. The Labute approximate surface area is 157 Å². The van der Waals surface area contributed by atoms with Gasteiger partial charge >= 0.3 is 12.1 Å². The quantitative estimate of drug-likeness (QED) is 0.565. The molecule has 0 aromatic heterocycles. The van der Waals surface area contributed by atoms with Gasteiger partial charge in [0.2, 0.25) is 6.10 Å². The number of benzene rings is 1.